The maximum Gasteiger partial charge on any atom is 0.433 e. The largest absolute Gasteiger partial charge is 0.433 e. The highest BCUT2D eigenvalue weighted by molar-refractivity contribution is 7.99. The van der Waals surface area contributed by atoms with Crippen LogP contribution < -0.4 is 5.32 Å². The highest BCUT2D eigenvalue weighted by Gasteiger charge is 2.33. The number of nitriles is 1. The lowest BCUT2D eigenvalue weighted by atomic mass is 10.2. The van der Waals surface area contributed by atoms with Gasteiger partial charge >= 0.3 is 6.18 Å². The van der Waals surface area contributed by atoms with Crippen molar-refractivity contribution in [1.29, 1.82) is 5.26 Å². The molecule has 7 heteroatoms. The summed E-state index contributed by atoms with van der Waals surface area (Å²) in [4.78, 5) is 3.61. The first kappa shape index (κ1) is 16.8. The van der Waals surface area contributed by atoms with Crippen molar-refractivity contribution < 1.29 is 13.2 Å². The first-order valence-electron chi connectivity index (χ1n) is 6.22. The average molecular weight is 303 g/mol. The molecule has 1 N–H and O–H groups in total. The number of halogens is 3. The molecule has 3 nitrogen and oxygen atoms in total. The highest BCUT2D eigenvalue weighted by atomic mass is 32.2. The minimum Gasteiger partial charge on any atom is -0.320 e. The SMILES string of the molecule is CCC(CCNC)Sc1nc(C(F)(F)F)ccc1C#N. The molecule has 1 atom stereocenters. The van der Waals surface area contributed by atoms with Crippen LogP contribution in [0, 0.1) is 11.3 Å². The van der Waals surface area contributed by atoms with Gasteiger partial charge in [0.15, 0.2) is 0 Å². The molecule has 0 spiro atoms. The third kappa shape index (κ3) is 4.69. The molecule has 1 heterocycles. The van der Waals surface area contributed by atoms with E-state index < -0.39 is 11.9 Å². The van der Waals surface area contributed by atoms with Gasteiger partial charge in [-0.25, -0.2) is 4.98 Å². The van der Waals surface area contributed by atoms with E-state index in [4.69, 9.17) is 5.26 Å². The minimum absolute atomic E-state index is 0.130. The van der Waals surface area contributed by atoms with E-state index in [1.165, 1.54) is 17.8 Å². The van der Waals surface area contributed by atoms with Gasteiger partial charge in [-0.15, -0.1) is 11.8 Å². The predicted octanol–water partition coefficient (Wildman–Crippen LogP) is 3.45. The number of nitrogens with one attached hydrogen (secondary N) is 1. The predicted molar refractivity (Wildman–Crippen MR) is 72.4 cm³/mol. The Morgan fingerprint density at radius 3 is 2.65 bits per heavy atom. The summed E-state index contributed by atoms with van der Waals surface area (Å²) >= 11 is 1.24. The second-order valence-corrected chi connectivity index (χ2v) is 5.49. The molecule has 0 saturated heterocycles. The van der Waals surface area contributed by atoms with Crippen molar-refractivity contribution in [2.45, 2.75) is 36.2 Å². The fourth-order valence-corrected chi connectivity index (χ4v) is 2.69. The van der Waals surface area contributed by atoms with Gasteiger partial charge < -0.3 is 5.32 Å². The molecule has 0 radical (unpaired) electrons. The van der Waals surface area contributed by atoms with Crippen LogP contribution in [0.5, 0.6) is 0 Å². The average Bonchev–Trinajstić information content (AvgIpc) is 2.42. The van der Waals surface area contributed by atoms with Crippen molar-refractivity contribution in [2.75, 3.05) is 13.6 Å². The van der Waals surface area contributed by atoms with Crippen molar-refractivity contribution in [1.82, 2.24) is 10.3 Å². The Balaban J connectivity index is 2.99. The first-order chi connectivity index (χ1) is 9.42. The summed E-state index contributed by atoms with van der Waals surface area (Å²) < 4.78 is 38.0. The second kappa shape index (κ2) is 7.50. The van der Waals surface area contributed by atoms with Crippen molar-refractivity contribution >= 4 is 11.8 Å². The lowest BCUT2D eigenvalue weighted by molar-refractivity contribution is -0.141. The molecule has 1 aromatic rings. The van der Waals surface area contributed by atoms with Crippen molar-refractivity contribution in [3.05, 3.63) is 23.4 Å². The van der Waals surface area contributed by atoms with Crippen LogP contribution in [-0.4, -0.2) is 23.8 Å². The summed E-state index contributed by atoms with van der Waals surface area (Å²) in [5.41, 5.74) is -0.770. The monoisotopic (exact) mass is 303 g/mol. The Labute approximate surface area is 120 Å². The van der Waals surface area contributed by atoms with Crippen LogP contribution in [0.3, 0.4) is 0 Å². The van der Waals surface area contributed by atoms with Crippen molar-refractivity contribution in [3.8, 4) is 6.07 Å². The molecule has 0 bridgehead atoms. The summed E-state index contributed by atoms with van der Waals surface area (Å²) in [7, 11) is 1.82. The van der Waals surface area contributed by atoms with Gasteiger partial charge in [-0.3, -0.25) is 0 Å². The molecule has 0 fully saturated rings. The van der Waals surface area contributed by atoms with Crippen LogP contribution in [0.1, 0.15) is 31.0 Å². The van der Waals surface area contributed by atoms with Crippen LogP contribution in [0.25, 0.3) is 0 Å². The van der Waals surface area contributed by atoms with Gasteiger partial charge in [0.05, 0.1) is 5.56 Å². The minimum atomic E-state index is -4.49. The molecule has 1 aromatic heterocycles. The fourth-order valence-electron chi connectivity index (χ4n) is 1.58. The number of rotatable bonds is 6. The topological polar surface area (TPSA) is 48.7 Å². The lowest BCUT2D eigenvalue weighted by Crippen LogP contribution is -2.15. The number of hydrogen-bond donors (Lipinski definition) is 1. The molecule has 1 unspecified atom stereocenters. The van der Waals surface area contributed by atoms with Crippen molar-refractivity contribution in [2.24, 2.45) is 0 Å². The first-order valence-corrected chi connectivity index (χ1v) is 7.10. The number of aromatic nitrogens is 1. The fraction of sp³-hybridized carbons (Fsp3) is 0.538. The number of pyridine rings is 1. The van der Waals surface area contributed by atoms with Crippen LogP contribution >= 0.6 is 11.8 Å². The zero-order chi connectivity index (χ0) is 15.2. The van der Waals surface area contributed by atoms with E-state index in [-0.39, 0.29) is 15.8 Å². The van der Waals surface area contributed by atoms with E-state index >= 15 is 0 Å². The van der Waals surface area contributed by atoms with Gasteiger partial charge in [-0.2, -0.15) is 18.4 Å². The molecule has 0 saturated carbocycles. The van der Waals surface area contributed by atoms with Crippen molar-refractivity contribution in [3.63, 3.8) is 0 Å². The summed E-state index contributed by atoms with van der Waals surface area (Å²) in [5.74, 6) is 0. The zero-order valence-electron chi connectivity index (χ0n) is 11.3. The van der Waals surface area contributed by atoms with E-state index in [1.807, 2.05) is 20.0 Å². The van der Waals surface area contributed by atoms with E-state index in [2.05, 4.69) is 10.3 Å². The van der Waals surface area contributed by atoms with Crippen LogP contribution in [0.2, 0.25) is 0 Å². The number of thioether (sulfide) groups is 1. The normalized spacial score (nSPS) is 13.0. The van der Waals surface area contributed by atoms with Crippen LogP contribution in [-0.2, 0) is 6.18 Å². The van der Waals surface area contributed by atoms with Gasteiger partial charge in [0.1, 0.15) is 16.8 Å². The highest BCUT2D eigenvalue weighted by Crippen LogP contribution is 2.33. The third-order valence-corrected chi connectivity index (χ3v) is 4.16. The number of nitrogens with zero attached hydrogens (tertiary/aromatic N) is 2. The van der Waals surface area contributed by atoms with E-state index in [1.54, 1.807) is 0 Å². The maximum atomic E-state index is 12.7. The van der Waals surface area contributed by atoms with Gasteiger partial charge in [0.2, 0.25) is 0 Å². The van der Waals surface area contributed by atoms with Gasteiger partial charge in [0.25, 0.3) is 0 Å². The van der Waals surface area contributed by atoms with E-state index in [0.29, 0.717) is 0 Å². The zero-order valence-corrected chi connectivity index (χ0v) is 12.1. The van der Waals surface area contributed by atoms with E-state index in [9.17, 15) is 13.2 Å². The van der Waals surface area contributed by atoms with Gasteiger partial charge in [0, 0.05) is 5.25 Å². The Bertz CT molecular complexity index is 483. The molecule has 0 aromatic carbocycles. The lowest BCUT2D eigenvalue weighted by Gasteiger charge is -2.15. The molecule has 0 aliphatic rings. The molecule has 0 amide bonds. The van der Waals surface area contributed by atoms with Gasteiger partial charge in [-0.05, 0) is 38.6 Å². The Morgan fingerprint density at radius 1 is 1.45 bits per heavy atom. The smallest absolute Gasteiger partial charge is 0.320 e. The Morgan fingerprint density at radius 2 is 2.15 bits per heavy atom. The Kier molecular flexibility index (Phi) is 6.30. The second-order valence-electron chi connectivity index (χ2n) is 4.20. The molecule has 110 valence electrons. The maximum absolute atomic E-state index is 12.7. The van der Waals surface area contributed by atoms with Crippen LogP contribution in [0.4, 0.5) is 13.2 Å². The third-order valence-electron chi connectivity index (χ3n) is 2.72. The van der Waals surface area contributed by atoms with E-state index in [0.717, 1.165) is 25.5 Å². The molecular weight excluding hydrogens is 287 g/mol. The molecule has 20 heavy (non-hydrogen) atoms. The molecule has 0 aliphatic carbocycles. The molecule has 1 rings (SSSR count). The number of hydrogen-bond acceptors (Lipinski definition) is 4. The Hall–Kier alpha value is -1.26. The van der Waals surface area contributed by atoms with Gasteiger partial charge in [-0.1, -0.05) is 6.92 Å². The van der Waals surface area contributed by atoms with Crippen LogP contribution in [0.15, 0.2) is 17.2 Å². The summed E-state index contributed by atoms with van der Waals surface area (Å²) in [5, 5.41) is 12.3. The molecule has 0 aliphatic heterocycles. The number of alkyl halides is 3. The summed E-state index contributed by atoms with van der Waals surface area (Å²) in [6.45, 7) is 2.74. The standard InChI is InChI=1S/C13H16F3N3S/c1-3-10(6-7-18-2)20-12-9(8-17)4-5-11(19-12)13(14,15)16/h4-5,10,18H,3,6-7H2,1-2H3. The quantitative estimate of drug-likeness (QED) is 0.818. The summed E-state index contributed by atoms with van der Waals surface area (Å²) in [6, 6.07) is 3.92. The molecular formula is C13H16F3N3S. The summed E-state index contributed by atoms with van der Waals surface area (Å²) in [6.07, 6.45) is -2.88.